The van der Waals surface area contributed by atoms with Crippen molar-refractivity contribution in [3.8, 4) is 0 Å². The quantitative estimate of drug-likeness (QED) is 0.745. The van der Waals surface area contributed by atoms with Crippen LogP contribution in [0.4, 0.5) is 0 Å². The van der Waals surface area contributed by atoms with Crippen LogP contribution in [0.1, 0.15) is 18.4 Å². The molecule has 0 aliphatic carbocycles. The van der Waals surface area contributed by atoms with Crippen LogP contribution in [-0.4, -0.2) is 11.1 Å². The average molecular weight is 202 g/mol. The van der Waals surface area contributed by atoms with Gasteiger partial charge in [-0.25, -0.2) is 0 Å². The van der Waals surface area contributed by atoms with Gasteiger partial charge in [-0.1, -0.05) is 49.1 Å². The van der Waals surface area contributed by atoms with Gasteiger partial charge in [0.05, 0.1) is 0 Å². The fourth-order valence-electron chi connectivity index (χ4n) is 1.25. The van der Waals surface area contributed by atoms with Crippen LogP contribution in [0.5, 0.6) is 0 Å². The highest BCUT2D eigenvalue weighted by atomic mass is 16.4. The molecule has 0 saturated carbocycles. The minimum atomic E-state index is -0.782. The van der Waals surface area contributed by atoms with Crippen LogP contribution in [0.3, 0.4) is 0 Å². The summed E-state index contributed by atoms with van der Waals surface area (Å²) in [5.41, 5.74) is 2.02. The van der Waals surface area contributed by atoms with Crippen molar-refractivity contribution < 1.29 is 9.90 Å². The molecule has 0 saturated heterocycles. The van der Waals surface area contributed by atoms with Crippen molar-refractivity contribution in [1.29, 1.82) is 0 Å². The van der Waals surface area contributed by atoms with Gasteiger partial charge >= 0.3 is 5.97 Å². The van der Waals surface area contributed by atoms with Gasteiger partial charge in [0.15, 0.2) is 0 Å². The summed E-state index contributed by atoms with van der Waals surface area (Å²) in [5, 5.41) is 8.56. The van der Waals surface area contributed by atoms with E-state index in [0.717, 1.165) is 11.1 Å². The van der Waals surface area contributed by atoms with Crippen molar-refractivity contribution in [1.82, 2.24) is 0 Å². The Kier molecular flexibility index (Phi) is 4.35. The van der Waals surface area contributed by atoms with E-state index in [2.05, 4.69) is 6.58 Å². The van der Waals surface area contributed by atoms with Crippen LogP contribution in [0.2, 0.25) is 0 Å². The molecule has 0 atom stereocenters. The van der Waals surface area contributed by atoms with Crippen LogP contribution in [0, 0.1) is 0 Å². The van der Waals surface area contributed by atoms with Crippen molar-refractivity contribution in [3.63, 3.8) is 0 Å². The van der Waals surface area contributed by atoms with Gasteiger partial charge < -0.3 is 5.11 Å². The van der Waals surface area contributed by atoms with E-state index in [4.69, 9.17) is 5.11 Å². The van der Waals surface area contributed by atoms with E-state index in [1.807, 2.05) is 36.4 Å². The molecule has 2 heteroatoms. The molecule has 78 valence electrons. The predicted molar refractivity (Wildman–Crippen MR) is 61.5 cm³/mol. The molecule has 1 N–H and O–H groups in total. The third-order valence-corrected chi connectivity index (χ3v) is 2.04. The summed E-state index contributed by atoms with van der Waals surface area (Å²) in [6.07, 6.45) is 4.32. The van der Waals surface area contributed by atoms with Crippen molar-refractivity contribution in [2.75, 3.05) is 0 Å². The van der Waals surface area contributed by atoms with Crippen LogP contribution >= 0.6 is 0 Å². The van der Waals surface area contributed by atoms with E-state index < -0.39 is 5.97 Å². The molecule has 0 aromatic heterocycles. The van der Waals surface area contributed by atoms with E-state index in [0.29, 0.717) is 6.42 Å². The number of carbonyl (C=O) groups is 1. The van der Waals surface area contributed by atoms with Gasteiger partial charge in [-0.3, -0.25) is 4.79 Å². The van der Waals surface area contributed by atoms with Gasteiger partial charge in [-0.15, -0.1) is 0 Å². The topological polar surface area (TPSA) is 37.3 Å². The van der Waals surface area contributed by atoms with Gasteiger partial charge in [-0.2, -0.15) is 0 Å². The van der Waals surface area contributed by atoms with Crippen molar-refractivity contribution in [3.05, 3.63) is 54.1 Å². The first-order chi connectivity index (χ1) is 7.22. The first-order valence-electron chi connectivity index (χ1n) is 4.82. The zero-order chi connectivity index (χ0) is 11.1. The van der Waals surface area contributed by atoms with E-state index >= 15 is 0 Å². The zero-order valence-corrected chi connectivity index (χ0v) is 8.52. The second-order valence-corrected chi connectivity index (χ2v) is 3.23. The Balaban J connectivity index is 2.70. The average Bonchev–Trinajstić information content (AvgIpc) is 2.25. The Morgan fingerprint density at radius 1 is 1.27 bits per heavy atom. The first-order valence-corrected chi connectivity index (χ1v) is 4.82. The van der Waals surface area contributed by atoms with E-state index in [1.165, 1.54) is 0 Å². The Morgan fingerprint density at radius 3 is 2.47 bits per heavy atom. The molecule has 0 fully saturated rings. The van der Waals surface area contributed by atoms with Crippen molar-refractivity contribution >= 4 is 12.0 Å². The molecule has 1 rings (SSSR count). The normalized spacial score (nSPS) is 11.1. The Hall–Kier alpha value is -1.83. The third kappa shape index (κ3) is 4.27. The lowest BCUT2D eigenvalue weighted by molar-refractivity contribution is -0.136. The third-order valence-electron chi connectivity index (χ3n) is 2.04. The highest BCUT2D eigenvalue weighted by molar-refractivity contribution is 5.68. The fraction of sp³-hybridized carbons (Fsp3) is 0.154. The van der Waals surface area contributed by atoms with Gasteiger partial charge in [0.1, 0.15) is 0 Å². The molecule has 2 nitrogen and oxygen atoms in total. The number of benzene rings is 1. The van der Waals surface area contributed by atoms with Gasteiger partial charge in [0.2, 0.25) is 0 Å². The van der Waals surface area contributed by atoms with Crippen LogP contribution < -0.4 is 0 Å². The van der Waals surface area contributed by atoms with Crippen LogP contribution in [0.25, 0.3) is 6.08 Å². The van der Waals surface area contributed by atoms with Gasteiger partial charge in [0.25, 0.3) is 0 Å². The minimum Gasteiger partial charge on any atom is -0.481 e. The predicted octanol–water partition coefficient (Wildman–Crippen LogP) is 3.12. The van der Waals surface area contributed by atoms with E-state index in [1.54, 1.807) is 6.08 Å². The molecule has 1 aromatic rings. The van der Waals surface area contributed by atoms with E-state index in [9.17, 15) is 4.79 Å². The Labute approximate surface area is 89.6 Å². The van der Waals surface area contributed by atoms with Crippen LogP contribution in [-0.2, 0) is 4.79 Å². The molecule has 1 aromatic carbocycles. The summed E-state index contributed by atoms with van der Waals surface area (Å²) >= 11 is 0. The van der Waals surface area contributed by atoms with Gasteiger partial charge in [0, 0.05) is 6.42 Å². The lowest BCUT2D eigenvalue weighted by atomic mass is 10.1. The summed E-state index contributed by atoms with van der Waals surface area (Å²) in [6, 6.07) is 9.80. The molecule has 0 aliphatic heterocycles. The fourth-order valence-corrected chi connectivity index (χ4v) is 1.25. The zero-order valence-electron chi connectivity index (χ0n) is 8.52. The number of allylic oxidation sites excluding steroid dienone is 2. The number of hydrogen-bond donors (Lipinski definition) is 1. The highest BCUT2D eigenvalue weighted by Crippen LogP contribution is 2.12. The molecule has 0 spiro atoms. The number of rotatable bonds is 5. The summed E-state index contributed by atoms with van der Waals surface area (Å²) < 4.78 is 0. The number of aliphatic carboxylic acids is 1. The Bertz CT molecular complexity index is 363. The minimum absolute atomic E-state index is 0.144. The van der Waals surface area contributed by atoms with E-state index in [-0.39, 0.29) is 6.42 Å². The molecule has 0 amide bonds. The second kappa shape index (κ2) is 5.81. The Morgan fingerprint density at radius 2 is 1.93 bits per heavy atom. The molecule has 0 unspecified atom stereocenters. The lowest BCUT2D eigenvalue weighted by Crippen LogP contribution is -1.94. The standard InChI is InChI=1S/C13H14O2/c1-2-11(8-9-13(14)15)10-12-6-4-3-5-7-12/h2-7,10H,1,8-9H2,(H,14,15). The maximum Gasteiger partial charge on any atom is 0.303 e. The van der Waals surface area contributed by atoms with Crippen molar-refractivity contribution in [2.24, 2.45) is 0 Å². The lowest BCUT2D eigenvalue weighted by Gasteiger charge is -1.99. The maximum absolute atomic E-state index is 10.4. The van der Waals surface area contributed by atoms with Gasteiger partial charge in [-0.05, 0) is 17.6 Å². The molecule has 0 aliphatic rings. The second-order valence-electron chi connectivity index (χ2n) is 3.23. The number of carboxylic acid groups (broad SMARTS) is 1. The largest absolute Gasteiger partial charge is 0.481 e. The highest BCUT2D eigenvalue weighted by Gasteiger charge is 1.99. The summed E-state index contributed by atoms with van der Waals surface area (Å²) in [5.74, 6) is -0.782. The molecule has 0 radical (unpaired) electrons. The summed E-state index contributed by atoms with van der Waals surface area (Å²) in [4.78, 5) is 10.4. The smallest absolute Gasteiger partial charge is 0.303 e. The first kappa shape index (κ1) is 11.2. The SMILES string of the molecule is C=CC(=Cc1ccccc1)CCC(=O)O. The summed E-state index contributed by atoms with van der Waals surface area (Å²) in [6.45, 7) is 3.67. The molecular formula is C13H14O2. The monoisotopic (exact) mass is 202 g/mol. The molecule has 0 bridgehead atoms. The maximum atomic E-state index is 10.4. The van der Waals surface area contributed by atoms with Crippen LogP contribution in [0.15, 0.2) is 48.6 Å². The number of hydrogen-bond acceptors (Lipinski definition) is 1. The molecular weight excluding hydrogens is 188 g/mol. The molecule has 15 heavy (non-hydrogen) atoms. The molecule has 0 heterocycles. The van der Waals surface area contributed by atoms with Crippen molar-refractivity contribution in [2.45, 2.75) is 12.8 Å². The number of carboxylic acids is 1. The summed E-state index contributed by atoms with van der Waals surface area (Å²) in [7, 11) is 0.